The van der Waals surface area contributed by atoms with Crippen LogP contribution in [0.2, 0.25) is 0 Å². The zero-order chi connectivity index (χ0) is 15.4. The maximum Gasteiger partial charge on any atom is 0.288 e. The van der Waals surface area contributed by atoms with Crippen LogP contribution in [0.5, 0.6) is 0 Å². The van der Waals surface area contributed by atoms with E-state index in [2.05, 4.69) is 10.3 Å². The van der Waals surface area contributed by atoms with Gasteiger partial charge in [-0.3, -0.25) is 4.79 Å². The van der Waals surface area contributed by atoms with Crippen molar-refractivity contribution in [3.05, 3.63) is 18.2 Å². The van der Waals surface area contributed by atoms with Gasteiger partial charge in [-0.05, 0) is 25.1 Å². The lowest BCUT2D eigenvalue weighted by Gasteiger charge is -2.09. The molecule has 1 amide bonds. The van der Waals surface area contributed by atoms with E-state index in [0.717, 1.165) is 0 Å². The zero-order valence-corrected chi connectivity index (χ0v) is 12.6. The molecule has 0 fully saturated rings. The summed E-state index contributed by atoms with van der Waals surface area (Å²) in [4.78, 5) is 16.0. The number of nitrogens with two attached hydrogens (primary N) is 1. The number of nitrogens with one attached hydrogen (secondary N) is 1. The number of carbonyl (C=O) groups excluding carboxylic acids is 1. The van der Waals surface area contributed by atoms with Gasteiger partial charge in [0.05, 0.1) is 6.61 Å². The van der Waals surface area contributed by atoms with Gasteiger partial charge in [0, 0.05) is 19.3 Å². The van der Waals surface area contributed by atoms with Crippen LogP contribution in [-0.4, -0.2) is 40.6 Å². The van der Waals surface area contributed by atoms with Crippen LogP contribution in [0.3, 0.4) is 0 Å². The Labute approximate surface area is 124 Å². The number of hydrogen-bond donors (Lipinski definition) is 2. The molecule has 8 heteroatoms. The van der Waals surface area contributed by atoms with Gasteiger partial charge in [0.25, 0.3) is 5.22 Å². The molecular formula is C13H17N3O4S. The SMILES string of the molecule is COCCNC(=O)C(C)S(=O)c1nc2cc(N)ccc2o1. The maximum atomic E-state index is 12.3. The van der Waals surface area contributed by atoms with Gasteiger partial charge in [0.1, 0.15) is 21.6 Å². The van der Waals surface area contributed by atoms with Crippen LogP contribution in [0, 0.1) is 0 Å². The third kappa shape index (κ3) is 3.59. The molecule has 0 spiro atoms. The first-order chi connectivity index (χ1) is 10.0. The summed E-state index contributed by atoms with van der Waals surface area (Å²) in [6, 6.07) is 4.95. The molecule has 114 valence electrons. The van der Waals surface area contributed by atoms with Gasteiger partial charge in [0.2, 0.25) is 5.91 Å². The third-order valence-corrected chi connectivity index (χ3v) is 4.24. The molecule has 1 heterocycles. The second kappa shape index (κ2) is 6.68. The van der Waals surface area contributed by atoms with E-state index in [1.165, 1.54) is 7.11 Å². The monoisotopic (exact) mass is 311 g/mol. The Kier molecular flexibility index (Phi) is 4.92. The number of ether oxygens (including phenoxy) is 1. The van der Waals surface area contributed by atoms with Crippen molar-refractivity contribution in [2.75, 3.05) is 26.0 Å². The number of nitrogen functional groups attached to an aromatic ring is 1. The van der Waals surface area contributed by atoms with Gasteiger partial charge in [0.15, 0.2) is 5.58 Å². The second-order valence-corrected chi connectivity index (χ2v) is 6.08. The highest BCUT2D eigenvalue weighted by molar-refractivity contribution is 7.86. The largest absolute Gasteiger partial charge is 0.430 e. The number of hydrogen-bond acceptors (Lipinski definition) is 6. The number of anilines is 1. The first kappa shape index (κ1) is 15.5. The average molecular weight is 311 g/mol. The maximum absolute atomic E-state index is 12.3. The van der Waals surface area contributed by atoms with Gasteiger partial charge in [-0.2, -0.15) is 0 Å². The Morgan fingerprint density at radius 2 is 2.33 bits per heavy atom. The van der Waals surface area contributed by atoms with E-state index in [9.17, 15) is 9.00 Å². The lowest BCUT2D eigenvalue weighted by atomic mass is 10.3. The fourth-order valence-corrected chi connectivity index (χ4v) is 2.62. The molecule has 0 aliphatic heterocycles. The van der Waals surface area contributed by atoms with Crippen LogP contribution in [0.15, 0.2) is 27.8 Å². The number of fused-ring (bicyclic) bond motifs is 1. The normalized spacial score (nSPS) is 14.0. The molecule has 0 bridgehead atoms. The highest BCUT2D eigenvalue weighted by atomic mass is 32.2. The first-order valence-electron chi connectivity index (χ1n) is 6.36. The molecule has 2 rings (SSSR count). The van der Waals surface area contributed by atoms with Crippen LogP contribution >= 0.6 is 0 Å². The van der Waals surface area contributed by atoms with E-state index in [-0.39, 0.29) is 11.1 Å². The van der Waals surface area contributed by atoms with E-state index in [1.54, 1.807) is 25.1 Å². The fourth-order valence-electron chi connectivity index (χ4n) is 1.68. The van der Waals surface area contributed by atoms with Crippen molar-refractivity contribution in [2.45, 2.75) is 17.4 Å². The molecule has 0 saturated carbocycles. The number of oxazole rings is 1. The van der Waals surface area contributed by atoms with Crippen molar-refractivity contribution in [3.63, 3.8) is 0 Å². The minimum Gasteiger partial charge on any atom is -0.430 e. The molecule has 0 saturated heterocycles. The number of rotatable bonds is 6. The molecule has 21 heavy (non-hydrogen) atoms. The van der Waals surface area contributed by atoms with Crippen molar-refractivity contribution in [3.8, 4) is 0 Å². The fraction of sp³-hybridized carbons (Fsp3) is 0.385. The molecule has 0 aliphatic rings. The molecule has 0 aliphatic carbocycles. The smallest absolute Gasteiger partial charge is 0.288 e. The van der Waals surface area contributed by atoms with Gasteiger partial charge in [-0.25, -0.2) is 9.19 Å². The summed E-state index contributed by atoms with van der Waals surface area (Å²) >= 11 is 0. The minimum absolute atomic E-state index is 0.0185. The van der Waals surface area contributed by atoms with E-state index in [4.69, 9.17) is 14.9 Å². The quantitative estimate of drug-likeness (QED) is 0.599. The number of benzene rings is 1. The van der Waals surface area contributed by atoms with Gasteiger partial charge >= 0.3 is 0 Å². The second-order valence-electron chi connectivity index (χ2n) is 4.43. The van der Waals surface area contributed by atoms with Crippen LogP contribution < -0.4 is 11.1 Å². The summed E-state index contributed by atoms with van der Waals surface area (Å²) < 4.78 is 22.6. The molecule has 2 unspecified atom stereocenters. The van der Waals surface area contributed by atoms with Crippen molar-refractivity contribution in [1.29, 1.82) is 0 Å². The van der Waals surface area contributed by atoms with Crippen LogP contribution in [0.1, 0.15) is 6.92 Å². The van der Waals surface area contributed by atoms with Crippen LogP contribution in [0.25, 0.3) is 11.1 Å². The van der Waals surface area contributed by atoms with Crippen LogP contribution in [0.4, 0.5) is 5.69 Å². The Balaban J connectivity index is 2.11. The molecule has 1 aromatic heterocycles. The summed E-state index contributed by atoms with van der Waals surface area (Å²) in [7, 11) is -0.135. The molecule has 2 aromatic rings. The van der Waals surface area contributed by atoms with E-state index >= 15 is 0 Å². The van der Waals surface area contributed by atoms with E-state index in [1.807, 2.05) is 0 Å². The third-order valence-electron chi connectivity index (χ3n) is 2.86. The van der Waals surface area contributed by atoms with E-state index in [0.29, 0.717) is 29.9 Å². The Morgan fingerprint density at radius 1 is 1.57 bits per heavy atom. The molecule has 2 atom stereocenters. The van der Waals surface area contributed by atoms with Crippen molar-refractivity contribution >= 4 is 33.5 Å². The molecule has 3 N–H and O–H groups in total. The van der Waals surface area contributed by atoms with Gasteiger partial charge in [-0.15, -0.1) is 0 Å². The van der Waals surface area contributed by atoms with Crippen molar-refractivity contribution in [1.82, 2.24) is 10.3 Å². The lowest BCUT2D eigenvalue weighted by Crippen LogP contribution is -2.37. The van der Waals surface area contributed by atoms with Gasteiger partial charge in [-0.1, -0.05) is 0 Å². The Morgan fingerprint density at radius 3 is 3.05 bits per heavy atom. The predicted molar refractivity (Wildman–Crippen MR) is 79.2 cm³/mol. The summed E-state index contributed by atoms with van der Waals surface area (Å²) in [5, 5.41) is 1.88. The van der Waals surface area contributed by atoms with Crippen molar-refractivity contribution in [2.24, 2.45) is 0 Å². The standard InChI is InChI=1S/C13H17N3O4S/c1-8(12(17)15-5-6-19-2)21(18)13-16-10-7-9(14)3-4-11(10)20-13/h3-4,7-8H,5-6,14H2,1-2H3,(H,15,17). The van der Waals surface area contributed by atoms with Gasteiger partial charge < -0.3 is 20.2 Å². The molecular weight excluding hydrogens is 294 g/mol. The average Bonchev–Trinajstić information content (AvgIpc) is 2.88. The molecule has 1 aromatic carbocycles. The summed E-state index contributed by atoms with van der Waals surface area (Å²) in [5.74, 6) is -0.341. The topological polar surface area (TPSA) is 107 Å². The highest BCUT2D eigenvalue weighted by Gasteiger charge is 2.25. The van der Waals surface area contributed by atoms with Crippen LogP contribution in [-0.2, 0) is 20.3 Å². The predicted octanol–water partition coefficient (Wildman–Crippen LogP) is 0.669. The highest BCUT2D eigenvalue weighted by Crippen LogP contribution is 2.21. The summed E-state index contributed by atoms with van der Waals surface area (Å²) in [6.07, 6.45) is 0. The number of nitrogens with zero attached hydrogens (tertiary/aromatic N) is 1. The van der Waals surface area contributed by atoms with E-state index < -0.39 is 16.0 Å². The number of amides is 1. The number of carbonyl (C=O) groups is 1. The minimum atomic E-state index is -1.67. The Bertz CT molecular complexity index is 670. The molecule has 0 radical (unpaired) electrons. The Hall–Kier alpha value is -1.93. The lowest BCUT2D eigenvalue weighted by molar-refractivity contribution is -0.120. The number of aromatic nitrogens is 1. The zero-order valence-electron chi connectivity index (χ0n) is 11.8. The number of methoxy groups -OCH3 is 1. The summed E-state index contributed by atoms with van der Waals surface area (Å²) in [6.45, 7) is 2.32. The summed E-state index contributed by atoms with van der Waals surface area (Å²) in [5.41, 5.74) is 7.20. The molecule has 7 nitrogen and oxygen atoms in total. The first-order valence-corrected chi connectivity index (χ1v) is 7.57. The van der Waals surface area contributed by atoms with Crippen molar-refractivity contribution < 1.29 is 18.2 Å².